The van der Waals surface area contributed by atoms with E-state index in [4.69, 9.17) is 0 Å². The summed E-state index contributed by atoms with van der Waals surface area (Å²) in [6.07, 6.45) is 3.94. The largest absolute Gasteiger partial charge is 0.333 e. The molecule has 1 N–H and O–H groups in total. The topological polar surface area (TPSA) is 29.9 Å². The smallest absolute Gasteiger partial charge is 0.122 e. The highest BCUT2D eigenvalue weighted by molar-refractivity contribution is 7.99. The lowest BCUT2D eigenvalue weighted by Crippen LogP contribution is -2.16. The first-order chi connectivity index (χ1) is 6.88. The summed E-state index contributed by atoms with van der Waals surface area (Å²) in [5.74, 6) is 3.51. The highest BCUT2D eigenvalue weighted by Crippen LogP contribution is 2.03. The zero-order chi connectivity index (χ0) is 10.2. The van der Waals surface area contributed by atoms with Crippen LogP contribution >= 0.6 is 11.8 Å². The second-order valence-corrected chi connectivity index (χ2v) is 4.41. The minimum atomic E-state index is 0.875. The molecule has 14 heavy (non-hydrogen) atoms. The average Bonchev–Trinajstić information content (AvgIpc) is 2.63. The molecule has 1 aromatic heterocycles. The molecule has 1 aromatic rings. The van der Waals surface area contributed by atoms with Gasteiger partial charge < -0.3 is 9.88 Å². The van der Waals surface area contributed by atoms with Gasteiger partial charge in [-0.1, -0.05) is 13.8 Å². The van der Waals surface area contributed by atoms with Crippen LogP contribution in [0.25, 0.3) is 0 Å². The van der Waals surface area contributed by atoms with Crippen molar-refractivity contribution in [2.75, 3.05) is 18.1 Å². The van der Waals surface area contributed by atoms with E-state index in [1.165, 1.54) is 11.5 Å². The summed E-state index contributed by atoms with van der Waals surface area (Å²) in [5, 5.41) is 3.29. The van der Waals surface area contributed by atoms with Gasteiger partial charge in [-0.05, 0) is 12.3 Å². The summed E-state index contributed by atoms with van der Waals surface area (Å²) in [7, 11) is 0. The molecule has 0 spiro atoms. The van der Waals surface area contributed by atoms with Gasteiger partial charge in [-0.3, -0.25) is 0 Å². The Morgan fingerprint density at radius 2 is 2.36 bits per heavy atom. The highest BCUT2D eigenvalue weighted by Gasteiger charge is 2.00. The first kappa shape index (κ1) is 11.6. The van der Waals surface area contributed by atoms with E-state index in [9.17, 15) is 0 Å². The number of rotatable bonds is 7. The molecular formula is C10H19N3S. The van der Waals surface area contributed by atoms with Crippen LogP contribution in [-0.4, -0.2) is 27.6 Å². The summed E-state index contributed by atoms with van der Waals surface area (Å²) in [4.78, 5) is 4.32. The van der Waals surface area contributed by atoms with Crippen molar-refractivity contribution >= 4 is 11.8 Å². The summed E-state index contributed by atoms with van der Waals surface area (Å²) in [6.45, 7) is 7.24. The van der Waals surface area contributed by atoms with Crippen LogP contribution in [0.15, 0.2) is 12.4 Å². The van der Waals surface area contributed by atoms with Crippen molar-refractivity contribution < 1.29 is 0 Å². The van der Waals surface area contributed by atoms with Crippen LogP contribution in [0.2, 0.25) is 0 Å². The Morgan fingerprint density at radius 1 is 1.50 bits per heavy atom. The molecule has 0 aliphatic carbocycles. The molecule has 0 bridgehead atoms. The van der Waals surface area contributed by atoms with Crippen molar-refractivity contribution in [2.45, 2.75) is 26.9 Å². The first-order valence-corrected chi connectivity index (χ1v) is 6.32. The SMILES string of the molecule is CCNCc1nccn1CCSCC. The number of nitrogens with one attached hydrogen (secondary N) is 1. The quantitative estimate of drug-likeness (QED) is 0.700. The number of thioether (sulfide) groups is 1. The molecule has 4 heteroatoms. The van der Waals surface area contributed by atoms with Gasteiger partial charge in [0.25, 0.3) is 0 Å². The maximum absolute atomic E-state index is 4.32. The second-order valence-electron chi connectivity index (χ2n) is 3.01. The van der Waals surface area contributed by atoms with E-state index >= 15 is 0 Å². The lowest BCUT2D eigenvalue weighted by molar-refractivity contribution is 0.631. The van der Waals surface area contributed by atoms with E-state index in [1.54, 1.807) is 0 Å². The fourth-order valence-electron chi connectivity index (χ4n) is 1.25. The Labute approximate surface area is 90.3 Å². The minimum Gasteiger partial charge on any atom is -0.333 e. The lowest BCUT2D eigenvalue weighted by Gasteiger charge is -2.07. The zero-order valence-electron chi connectivity index (χ0n) is 8.99. The fraction of sp³-hybridized carbons (Fsp3) is 0.700. The van der Waals surface area contributed by atoms with E-state index < -0.39 is 0 Å². The number of hydrogen-bond acceptors (Lipinski definition) is 3. The third-order valence-electron chi connectivity index (χ3n) is 2.02. The van der Waals surface area contributed by atoms with E-state index in [2.05, 4.69) is 34.9 Å². The molecule has 80 valence electrons. The Morgan fingerprint density at radius 3 is 3.07 bits per heavy atom. The van der Waals surface area contributed by atoms with Crippen molar-refractivity contribution in [3.63, 3.8) is 0 Å². The van der Waals surface area contributed by atoms with Crippen molar-refractivity contribution in [1.82, 2.24) is 14.9 Å². The van der Waals surface area contributed by atoms with Gasteiger partial charge in [0, 0.05) is 24.7 Å². The molecule has 1 rings (SSSR count). The van der Waals surface area contributed by atoms with Crippen molar-refractivity contribution in [1.29, 1.82) is 0 Å². The standard InChI is InChI=1S/C10H19N3S/c1-3-11-9-10-12-5-6-13(10)7-8-14-4-2/h5-6,11H,3-4,7-9H2,1-2H3. The van der Waals surface area contributed by atoms with Crippen LogP contribution in [0, 0.1) is 0 Å². The van der Waals surface area contributed by atoms with Crippen LogP contribution in [0.3, 0.4) is 0 Å². The molecule has 0 aromatic carbocycles. The maximum atomic E-state index is 4.32. The van der Waals surface area contributed by atoms with Gasteiger partial charge in [0.05, 0.1) is 6.54 Å². The molecule has 0 fully saturated rings. The molecule has 0 saturated heterocycles. The number of nitrogens with zero attached hydrogens (tertiary/aromatic N) is 2. The average molecular weight is 213 g/mol. The van der Waals surface area contributed by atoms with Crippen LogP contribution < -0.4 is 5.32 Å². The molecule has 0 amide bonds. The molecule has 0 aliphatic rings. The van der Waals surface area contributed by atoms with Crippen LogP contribution in [0.5, 0.6) is 0 Å². The van der Waals surface area contributed by atoms with E-state index in [0.29, 0.717) is 0 Å². The van der Waals surface area contributed by atoms with Crippen LogP contribution in [0.1, 0.15) is 19.7 Å². The van der Waals surface area contributed by atoms with E-state index in [-0.39, 0.29) is 0 Å². The highest BCUT2D eigenvalue weighted by atomic mass is 32.2. The van der Waals surface area contributed by atoms with Crippen molar-refractivity contribution in [3.8, 4) is 0 Å². The van der Waals surface area contributed by atoms with Gasteiger partial charge in [-0.15, -0.1) is 0 Å². The Kier molecular flexibility index (Phi) is 5.71. The summed E-state index contributed by atoms with van der Waals surface area (Å²) >= 11 is 1.97. The summed E-state index contributed by atoms with van der Waals surface area (Å²) < 4.78 is 2.23. The Bertz CT molecular complexity index is 247. The third kappa shape index (κ3) is 3.72. The van der Waals surface area contributed by atoms with Gasteiger partial charge in [0.1, 0.15) is 5.82 Å². The van der Waals surface area contributed by atoms with Crippen LogP contribution in [0.4, 0.5) is 0 Å². The van der Waals surface area contributed by atoms with Gasteiger partial charge in [-0.2, -0.15) is 11.8 Å². The van der Waals surface area contributed by atoms with Gasteiger partial charge in [-0.25, -0.2) is 4.98 Å². The molecule has 0 saturated carbocycles. The van der Waals surface area contributed by atoms with E-state index in [1.807, 2.05) is 18.0 Å². The minimum absolute atomic E-state index is 0.875. The molecular weight excluding hydrogens is 194 g/mol. The van der Waals surface area contributed by atoms with Crippen LogP contribution in [-0.2, 0) is 13.1 Å². The molecule has 0 atom stereocenters. The molecule has 3 nitrogen and oxygen atoms in total. The molecule has 0 aliphatic heterocycles. The normalized spacial score (nSPS) is 10.7. The zero-order valence-corrected chi connectivity index (χ0v) is 9.81. The molecule has 0 radical (unpaired) electrons. The predicted molar refractivity (Wildman–Crippen MR) is 62.6 cm³/mol. The van der Waals surface area contributed by atoms with Crippen molar-refractivity contribution in [3.05, 3.63) is 18.2 Å². The summed E-state index contributed by atoms with van der Waals surface area (Å²) in [5.41, 5.74) is 0. The van der Waals surface area contributed by atoms with Gasteiger partial charge in [0.2, 0.25) is 0 Å². The van der Waals surface area contributed by atoms with E-state index in [0.717, 1.165) is 25.5 Å². The molecule has 1 heterocycles. The van der Waals surface area contributed by atoms with Gasteiger partial charge in [0.15, 0.2) is 0 Å². The predicted octanol–water partition coefficient (Wildman–Crippen LogP) is 1.75. The Balaban J connectivity index is 2.37. The third-order valence-corrected chi connectivity index (χ3v) is 2.89. The first-order valence-electron chi connectivity index (χ1n) is 5.17. The van der Waals surface area contributed by atoms with Gasteiger partial charge >= 0.3 is 0 Å². The van der Waals surface area contributed by atoms with Crippen molar-refractivity contribution in [2.24, 2.45) is 0 Å². The molecule has 0 unspecified atom stereocenters. The maximum Gasteiger partial charge on any atom is 0.122 e. The Hall–Kier alpha value is -0.480. The second kappa shape index (κ2) is 6.90. The number of hydrogen-bond donors (Lipinski definition) is 1. The number of aryl methyl sites for hydroxylation is 1. The number of imidazole rings is 1. The lowest BCUT2D eigenvalue weighted by atomic mass is 10.5. The fourth-order valence-corrected chi connectivity index (χ4v) is 1.87. The number of aromatic nitrogens is 2. The monoisotopic (exact) mass is 213 g/mol. The summed E-state index contributed by atoms with van der Waals surface area (Å²) in [6, 6.07) is 0.